The molecule has 0 aromatic rings. The molecule has 2 heteroatoms. The molecule has 82 valence electrons. The van der Waals surface area contributed by atoms with Crippen molar-refractivity contribution < 1.29 is 4.74 Å². The molecule has 1 rings (SSSR count). The molecule has 2 nitrogen and oxygen atoms in total. The molecule has 0 fully saturated rings. The fourth-order valence-electron chi connectivity index (χ4n) is 1.71. The van der Waals surface area contributed by atoms with Crippen molar-refractivity contribution in [2.24, 2.45) is 11.3 Å². The number of nitrogens with one attached hydrogen (secondary N) is 1. The maximum atomic E-state index is 5.86. The Kier molecular flexibility index (Phi) is 3.46. The quantitative estimate of drug-likeness (QED) is 0.698. The van der Waals surface area contributed by atoms with Gasteiger partial charge in [0.2, 0.25) is 0 Å². The van der Waals surface area contributed by atoms with E-state index in [9.17, 15) is 0 Å². The van der Waals surface area contributed by atoms with Crippen LogP contribution in [0.3, 0.4) is 0 Å². The average Bonchev–Trinajstić information content (AvgIpc) is 2.26. The van der Waals surface area contributed by atoms with Gasteiger partial charge in [0.25, 0.3) is 0 Å². The van der Waals surface area contributed by atoms with Crippen molar-refractivity contribution >= 4 is 0 Å². The van der Waals surface area contributed by atoms with E-state index in [0.29, 0.717) is 5.92 Å². The van der Waals surface area contributed by atoms with Crippen LogP contribution >= 0.6 is 0 Å². The van der Waals surface area contributed by atoms with Crippen molar-refractivity contribution in [3.05, 3.63) is 11.5 Å². The molecule has 1 aliphatic rings. The first-order valence-corrected chi connectivity index (χ1v) is 5.54. The lowest BCUT2D eigenvalue weighted by atomic mass is 9.90. The first-order valence-electron chi connectivity index (χ1n) is 5.54. The van der Waals surface area contributed by atoms with E-state index in [1.807, 2.05) is 0 Å². The summed E-state index contributed by atoms with van der Waals surface area (Å²) in [6, 6.07) is 0. The van der Waals surface area contributed by atoms with Crippen molar-refractivity contribution in [1.82, 2.24) is 5.32 Å². The number of ether oxygens (including phenoxy) is 1. The highest BCUT2D eigenvalue weighted by Gasteiger charge is 2.25. The van der Waals surface area contributed by atoms with Crippen molar-refractivity contribution in [3.63, 3.8) is 0 Å². The lowest BCUT2D eigenvalue weighted by molar-refractivity contribution is 0.150. The second kappa shape index (κ2) is 4.24. The molecule has 1 N–H and O–H groups in total. The minimum atomic E-state index is 0.108. The predicted octanol–water partition coefficient (Wildman–Crippen LogP) is 2.91. The zero-order valence-electron chi connectivity index (χ0n) is 10.1. The van der Waals surface area contributed by atoms with Gasteiger partial charge in [-0.2, -0.15) is 0 Å². The summed E-state index contributed by atoms with van der Waals surface area (Å²) in [6.07, 6.45) is 1.09. The number of allylic oxidation sites excluding steroid dienone is 2. The van der Waals surface area contributed by atoms with Gasteiger partial charge >= 0.3 is 0 Å². The van der Waals surface area contributed by atoms with Gasteiger partial charge in [-0.05, 0) is 12.3 Å². The van der Waals surface area contributed by atoms with Gasteiger partial charge in [0.15, 0.2) is 0 Å². The lowest BCUT2D eigenvalue weighted by Gasteiger charge is -2.26. The summed E-state index contributed by atoms with van der Waals surface area (Å²) in [4.78, 5) is 0. The Bertz CT molecular complexity index is 223. The predicted molar refractivity (Wildman–Crippen MR) is 59.9 cm³/mol. The molecule has 0 spiro atoms. The molecule has 0 saturated carbocycles. The normalized spacial score (nSPS) is 19.0. The summed E-state index contributed by atoms with van der Waals surface area (Å²) in [6.45, 7) is 12.9. The minimum absolute atomic E-state index is 0.108. The van der Waals surface area contributed by atoms with Crippen molar-refractivity contribution in [2.45, 2.75) is 41.0 Å². The highest BCUT2D eigenvalue weighted by atomic mass is 16.5. The lowest BCUT2D eigenvalue weighted by Crippen LogP contribution is -2.23. The summed E-state index contributed by atoms with van der Waals surface area (Å²) in [5.74, 6) is 1.66. The Morgan fingerprint density at radius 1 is 1.29 bits per heavy atom. The summed E-state index contributed by atoms with van der Waals surface area (Å²) in [7, 11) is 0. The molecule has 1 heterocycles. The second-order valence-corrected chi connectivity index (χ2v) is 5.28. The largest absolute Gasteiger partial charge is 0.495 e. The molecular weight excluding hydrogens is 174 g/mol. The van der Waals surface area contributed by atoms with Crippen LogP contribution in [0, 0.1) is 11.3 Å². The Morgan fingerprint density at radius 3 is 2.43 bits per heavy atom. The van der Waals surface area contributed by atoms with Gasteiger partial charge in [0, 0.05) is 12.0 Å². The average molecular weight is 197 g/mol. The van der Waals surface area contributed by atoms with Crippen LogP contribution in [0.5, 0.6) is 0 Å². The van der Waals surface area contributed by atoms with Gasteiger partial charge in [0.05, 0.1) is 12.3 Å². The minimum Gasteiger partial charge on any atom is -0.495 e. The molecule has 14 heavy (non-hydrogen) atoms. The Balaban J connectivity index is 2.99. The smallest absolute Gasteiger partial charge is 0.120 e. The fraction of sp³-hybridized carbons (Fsp3) is 0.833. The molecular formula is C12H23NO. The van der Waals surface area contributed by atoms with E-state index >= 15 is 0 Å². The summed E-state index contributed by atoms with van der Waals surface area (Å²) >= 11 is 0. The molecule has 1 aliphatic heterocycles. The van der Waals surface area contributed by atoms with E-state index in [4.69, 9.17) is 4.74 Å². The van der Waals surface area contributed by atoms with Crippen LogP contribution in [0.15, 0.2) is 11.5 Å². The number of hydrogen-bond donors (Lipinski definition) is 1. The van der Waals surface area contributed by atoms with Gasteiger partial charge < -0.3 is 10.1 Å². The fourth-order valence-corrected chi connectivity index (χ4v) is 1.71. The molecule has 0 unspecified atom stereocenters. The van der Waals surface area contributed by atoms with Crippen molar-refractivity contribution in [1.29, 1.82) is 0 Å². The van der Waals surface area contributed by atoms with Crippen LogP contribution in [0.1, 0.15) is 41.0 Å². The van der Waals surface area contributed by atoms with E-state index in [-0.39, 0.29) is 5.41 Å². The highest BCUT2D eigenvalue weighted by molar-refractivity contribution is 5.15. The Hall–Kier alpha value is -0.660. The summed E-state index contributed by atoms with van der Waals surface area (Å²) in [5, 5.41) is 3.49. The first-order chi connectivity index (χ1) is 6.43. The zero-order valence-corrected chi connectivity index (χ0v) is 10.1. The van der Waals surface area contributed by atoms with Crippen LogP contribution in [-0.4, -0.2) is 13.2 Å². The highest BCUT2D eigenvalue weighted by Crippen LogP contribution is 2.31. The van der Waals surface area contributed by atoms with Crippen molar-refractivity contribution in [2.75, 3.05) is 13.2 Å². The summed E-state index contributed by atoms with van der Waals surface area (Å²) in [5.41, 5.74) is 1.40. The molecule has 0 aromatic carbocycles. The van der Waals surface area contributed by atoms with Gasteiger partial charge in [-0.3, -0.25) is 0 Å². The van der Waals surface area contributed by atoms with E-state index < -0.39 is 0 Å². The molecule has 0 saturated heterocycles. The van der Waals surface area contributed by atoms with Crippen LogP contribution in [0.25, 0.3) is 0 Å². The third-order valence-corrected chi connectivity index (χ3v) is 2.39. The van der Waals surface area contributed by atoms with E-state index in [2.05, 4.69) is 39.9 Å². The van der Waals surface area contributed by atoms with Gasteiger partial charge in [-0.15, -0.1) is 0 Å². The second-order valence-electron chi connectivity index (χ2n) is 5.28. The maximum absolute atomic E-state index is 5.86. The Morgan fingerprint density at radius 2 is 1.93 bits per heavy atom. The number of rotatable bonds is 1. The SMILES string of the molecule is CC(C)C1=C(C(C)(C)C)OCCCN1. The van der Waals surface area contributed by atoms with Gasteiger partial charge in [-0.25, -0.2) is 0 Å². The number of hydrogen-bond acceptors (Lipinski definition) is 2. The van der Waals surface area contributed by atoms with E-state index in [1.54, 1.807) is 0 Å². The maximum Gasteiger partial charge on any atom is 0.120 e. The van der Waals surface area contributed by atoms with Crippen LogP contribution in [0.4, 0.5) is 0 Å². The molecule has 0 aliphatic carbocycles. The van der Waals surface area contributed by atoms with E-state index in [0.717, 1.165) is 25.3 Å². The van der Waals surface area contributed by atoms with Crippen LogP contribution in [0.2, 0.25) is 0 Å². The molecule has 0 amide bonds. The van der Waals surface area contributed by atoms with Crippen LogP contribution in [-0.2, 0) is 4.74 Å². The van der Waals surface area contributed by atoms with Crippen molar-refractivity contribution in [3.8, 4) is 0 Å². The third-order valence-electron chi connectivity index (χ3n) is 2.39. The van der Waals surface area contributed by atoms with Crippen LogP contribution < -0.4 is 5.32 Å². The topological polar surface area (TPSA) is 21.3 Å². The van der Waals surface area contributed by atoms with Gasteiger partial charge in [-0.1, -0.05) is 34.6 Å². The zero-order chi connectivity index (χ0) is 10.8. The summed E-state index contributed by atoms with van der Waals surface area (Å²) < 4.78 is 5.86. The Labute approximate surface area is 87.7 Å². The van der Waals surface area contributed by atoms with Gasteiger partial charge in [0.1, 0.15) is 5.76 Å². The molecule has 0 bridgehead atoms. The molecule has 0 aromatic heterocycles. The van der Waals surface area contributed by atoms with E-state index in [1.165, 1.54) is 5.70 Å². The monoisotopic (exact) mass is 197 g/mol. The first kappa shape index (κ1) is 11.4. The third kappa shape index (κ3) is 2.66. The standard InChI is InChI=1S/C12H23NO/c1-9(2)10-11(12(3,4)5)14-8-6-7-13-10/h9,13H,6-8H2,1-5H3. The molecule has 0 radical (unpaired) electrons. The molecule has 0 atom stereocenters.